The minimum Gasteiger partial charge on any atom is -0.383 e. The Morgan fingerprint density at radius 3 is 2.52 bits per heavy atom. The maximum Gasteiger partial charge on any atom is 0.243 e. The van der Waals surface area contributed by atoms with E-state index in [2.05, 4.69) is 15.6 Å². The summed E-state index contributed by atoms with van der Waals surface area (Å²) in [6, 6.07) is 0. The van der Waals surface area contributed by atoms with Gasteiger partial charge in [-0.1, -0.05) is 38.5 Å². The number of carbonyl (C=O) groups is 1. The van der Waals surface area contributed by atoms with Gasteiger partial charge in [-0.15, -0.1) is 0 Å². The molecule has 1 aliphatic carbocycles. The number of guanidine groups is 1. The normalized spacial score (nSPS) is 15.7. The molecule has 0 radical (unpaired) electrons. The molecule has 1 fully saturated rings. The van der Waals surface area contributed by atoms with Crippen molar-refractivity contribution in [3.63, 3.8) is 0 Å². The van der Waals surface area contributed by atoms with Crippen molar-refractivity contribution >= 4 is 11.9 Å². The van der Waals surface area contributed by atoms with Crippen LogP contribution in [-0.4, -0.2) is 64.2 Å². The Kier molecular flexibility index (Phi) is 10.4. The highest BCUT2D eigenvalue weighted by molar-refractivity contribution is 5.84. The van der Waals surface area contributed by atoms with Crippen LogP contribution < -0.4 is 10.6 Å². The zero-order valence-corrected chi connectivity index (χ0v) is 15.1. The summed E-state index contributed by atoms with van der Waals surface area (Å²) in [6.07, 6.45) is 9.44. The Morgan fingerprint density at radius 1 is 1.17 bits per heavy atom. The average Bonchev–Trinajstić information content (AvgIpc) is 3.04. The van der Waals surface area contributed by atoms with Gasteiger partial charge in [0.05, 0.1) is 6.61 Å². The van der Waals surface area contributed by atoms with Gasteiger partial charge in [0.2, 0.25) is 5.91 Å². The molecule has 1 aliphatic rings. The fraction of sp³-hybridized carbons (Fsp3) is 0.882. The smallest absolute Gasteiger partial charge is 0.243 e. The molecule has 2 N–H and O–H groups in total. The van der Waals surface area contributed by atoms with E-state index in [1.807, 2.05) is 0 Å². The van der Waals surface area contributed by atoms with Crippen molar-refractivity contribution in [2.75, 3.05) is 47.4 Å². The number of ether oxygens (including phenoxy) is 1. The molecule has 0 aromatic carbocycles. The van der Waals surface area contributed by atoms with Crippen LogP contribution in [0.5, 0.6) is 0 Å². The van der Waals surface area contributed by atoms with E-state index in [0.29, 0.717) is 19.1 Å². The number of methoxy groups -OCH3 is 1. The van der Waals surface area contributed by atoms with Crippen LogP contribution in [0.4, 0.5) is 0 Å². The highest BCUT2D eigenvalue weighted by Gasteiger charge is 2.13. The molecule has 6 heteroatoms. The van der Waals surface area contributed by atoms with E-state index in [9.17, 15) is 4.79 Å². The van der Waals surface area contributed by atoms with E-state index in [4.69, 9.17) is 4.74 Å². The summed E-state index contributed by atoms with van der Waals surface area (Å²) in [5, 5.41) is 6.50. The van der Waals surface area contributed by atoms with E-state index in [1.54, 1.807) is 26.1 Å². The molecule has 0 unspecified atom stereocenters. The van der Waals surface area contributed by atoms with Gasteiger partial charge in [-0.25, -0.2) is 4.99 Å². The number of hydrogen-bond donors (Lipinski definition) is 2. The Bertz CT molecular complexity index is 353. The molecule has 0 saturated heterocycles. The molecule has 1 rings (SSSR count). The number of rotatable bonds is 10. The summed E-state index contributed by atoms with van der Waals surface area (Å²) in [4.78, 5) is 17.5. The summed E-state index contributed by atoms with van der Waals surface area (Å²) in [6.45, 7) is 2.35. The SMILES string of the molecule is COCCNC(=NCC(=O)N(C)C)NCCCCC1CCCC1. The maximum absolute atomic E-state index is 11.6. The third-order valence-electron chi connectivity index (χ3n) is 4.28. The van der Waals surface area contributed by atoms with E-state index in [1.165, 1.54) is 38.5 Å². The lowest BCUT2D eigenvalue weighted by Gasteiger charge is -2.14. The Morgan fingerprint density at radius 2 is 1.87 bits per heavy atom. The Balaban J connectivity index is 2.24. The lowest BCUT2D eigenvalue weighted by Crippen LogP contribution is -2.40. The number of hydrogen-bond acceptors (Lipinski definition) is 3. The average molecular weight is 326 g/mol. The van der Waals surface area contributed by atoms with Crippen LogP contribution in [0.3, 0.4) is 0 Å². The van der Waals surface area contributed by atoms with Gasteiger partial charge in [0.1, 0.15) is 6.54 Å². The highest BCUT2D eigenvalue weighted by atomic mass is 16.5. The summed E-state index contributed by atoms with van der Waals surface area (Å²) in [5.74, 6) is 1.65. The molecule has 6 nitrogen and oxygen atoms in total. The fourth-order valence-corrected chi connectivity index (χ4v) is 2.80. The number of amides is 1. The van der Waals surface area contributed by atoms with E-state index in [0.717, 1.165) is 18.9 Å². The fourth-order valence-electron chi connectivity index (χ4n) is 2.80. The van der Waals surface area contributed by atoms with Crippen LogP contribution in [0, 0.1) is 5.92 Å². The number of nitrogens with one attached hydrogen (secondary N) is 2. The topological polar surface area (TPSA) is 66.0 Å². The van der Waals surface area contributed by atoms with Gasteiger partial charge in [-0.2, -0.15) is 0 Å². The molecule has 0 aliphatic heterocycles. The molecule has 0 aromatic heterocycles. The number of nitrogens with zero attached hydrogens (tertiary/aromatic N) is 2. The molecular weight excluding hydrogens is 292 g/mol. The zero-order valence-electron chi connectivity index (χ0n) is 15.1. The van der Waals surface area contributed by atoms with Crippen molar-refractivity contribution in [3.8, 4) is 0 Å². The van der Waals surface area contributed by atoms with Crippen molar-refractivity contribution < 1.29 is 9.53 Å². The number of aliphatic imine (C=N–C) groups is 1. The molecule has 23 heavy (non-hydrogen) atoms. The molecule has 0 atom stereocenters. The molecule has 1 amide bonds. The van der Waals surface area contributed by atoms with E-state index in [-0.39, 0.29) is 12.5 Å². The minimum absolute atomic E-state index is 0.000857. The van der Waals surface area contributed by atoms with Gasteiger partial charge in [0.15, 0.2) is 5.96 Å². The Hall–Kier alpha value is -1.30. The van der Waals surface area contributed by atoms with Gasteiger partial charge < -0.3 is 20.3 Å². The number of likely N-dealkylation sites (N-methyl/N-ethyl adjacent to an activating group) is 1. The molecule has 0 heterocycles. The first-order valence-electron chi connectivity index (χ1n) is 8.84. The highest BCUT2D eigenvalue weighted by Crippen LogP contribution is 2.28. The summed E-state index contributed by atoms with van der Waals surface area (Å²) in [5.41, 5.74) is 0. The van der Waals surface area contributed by atoms with Gasteiger partial charge >= 0.3 is 0 Å². The van der Waals surface area contributed by atoms with Crippen molar-refractivity contribution in [3.05, 3.63) is 0 Å². The molecular formula is C17H34N4O2. The van der Waals surface area contributed by atoms with Gasteiger partial charge in [0, 0.05) is 34.3 Å². The van der Waals surface area contributed by atoms with Crippen molar-refractivity contribution in [2.45, 2.75) is 44.9 Å². The second-order valence-electron chi connectivity index (χ2n) is 6.45. The monoisotopic (exact) mass is 326 g/mol. The van der Waals surface area contributed by atoms with Crippen LogP contribution in [-0.2, 0) is 9.53 Å². The van der Waals surface area contributed by atoms with Crippen molar-refractivity contribution in [1.82, 2.24) is 15.5 Å². The number of carbonyl (C=O) groups excluding carboxylic acids is 1. The number of unbranched alkanes of at least 4 members (excludes halogenated alkanes) is 1. The molecule has 0 aromatic rings. The standard InChI is InChI=1S/C17H34N4O2/c1-21(2)16(22)14-20-17(19-12-13-23-3)18-11-7-6-10-15-8-4-5-9-15/h15H,4-14H2,1-3H3,(H2,18,19,20). The third kappa shape index (κ3) is 9.43. The lowest BCUT2D eigenvalue weighted by atomic mass is 10.0. The van der Waals surface area contributed by atoms with Crippen LogP contribution in [0.2, 0.25) is 0 Å². The van der Waals surface area contributed by atoms with Gasteiger partial charge in [-0.05, 0) is 12.3 Å². The molecule has 0 bridgehead atoms. The quantitative estimate of drug-likeness (QED) is 0.364. The molecule has 0 spiro atoms. The van der Waals surface area contributed by atoms with E-state index < -0.39 is 0 Å². The first-order valence-corrected chi connectivity index (χ1v) is 8.84. The third-order valence-corrected chi connectivity index (χ3v) is 4.28. The lowest BCUT2D eigenvalue weighted by molar-refractivity contribution is -0.127. The first kappa shape index (κ1) is 19.7. The van der Waals surface area contributed by atoms with Crippen LogP contribution in [0.1, 0.15) is 44.9 Å². The molecule has 134 valence electrons. The zero-order chi connectivity index (χ0) is 16.9. The first-order chi connectivity index (χ1) is 11.1. The van der Waals surface area contributed by atoms with Gasteiger partial charge in [0.25, 0.3) is 0 Å². The Labute approximate surface area is 141 Å². The van der Waals surface area contributed by atoms with E-state index >= 15 is 0 Å². The second-order valence-corrected chi connectivity index (χ2v) is 6.45. The predicted molar refractivity (Wildman–Crippen MR) is 94.7 cm³/mol. The summed E-state index contributed by atoms with van der Waals surface area (Å²) < 4.78 is 5.04. The second kappa shape index (κ2) is 12.2. The summed E-state index contributed by atoms with van der Waals surface area (Å²) >= 11 is 0. The summed E-state index contributed by atoms with van der Waals surface area (Å²) in [7, 11) is 5.16. The molecule has 1 saturated carbocycles. The minimum atomic E-state index is -0.000857. The predicted octanol–water partition coefficient (Wildman–Crippen LogP) is 1.62. The maximum atomic E-state index is 11.6. The van der Waals surface area contributed by atoms with Crippen LogP contribution in [0.15, 0.2) is 4.99 Å². The van der Waals surface area contributed by atoms with Crippen molar-refractivity contribution in [2.24, 2.45) is 10.9 Å². The largest absolute Gasteiger partial charge is 0.383 e. The van der Waals surface area contributed by atoms with Gasteiger partial charge in [-0.3, -0.25) is 4.79 Å². The van der Waals surface area contributed by atoms with Crippen molar-refractivity contribution in [1.29, 1.82) is 0 Å². The van der Waals surface area contributed by atoms with Crippen LogP contribution in [0.25, 0.3) is 0 Å². The van der Waals surface area contributed by atoms with Crippen LogP contribution >= 0.6 is 0 Å².